The van der Waals surface area contributed by atoms with E-state index in [1.807, 2.05) is 11.8 Å². The van der Waals surface area contributed by atoms with Crippen LogP contribution in [0, 0.1) is 0 Å². The molecule has 0 spiro atoms. The van der Waals surface area contributed by atoms with Crippen molar-refractivity contribution in [3.63, 3.8) is 0 Å². The summed E-state index contributed by atoms with van der Waals surface area (Å²) in [5, 5.41) is 12.1. The molecule has 1 saturated heterocycles. The van der Waals surface area contributed by atoms with Gasteiger partial charge in [0.1, 0.15) is 11.5 Å². The average molecular weight is 293 g/mol. The summed E-state index contributed by atoms with van der Waals surface area (Å²) >= 11 is 0. The first-order valence-corrected chi connectivity index (χ1v) is 7.43. The average Bonchev–Trinajstić information content (AvgIpc) is 2.73. The third-order valence-electron chi connectivity index (χ3n) is 3.50. The van der Waals surface area contributed by atoms with Gasteiger partial charge in [-0.2, -0.15) is 0 Å². The number of rotatable bonds is 5. The van der Waals surface area contributed by atoms with Crippen molar-refractivity contribution in [2.45, 2.75) is 13.3 Å². The number of aromatic nitrogens is 2. The minimum absolute atomic E-state index is 0.0758. The molecule has 2 N–H and O–H groups in total. The molecule has 116 valence electrons. The highest BCUT2D eigenvalue weighted by atomic mass is 16.3. The Hall–Kier alpha value is -1.73. The smallest absolute Gasteiger partial charge is 0.274 e. The normalized spacial score (nSPS) is 16.6. The van der Waals surface area contributed by atoms with E-state index < -0.39 is 0 Å². The van der Waals surface area contributed by atoms with Crippen LogP contribution in [0.15, 0.2) is 12.4 Å². The number of carbonyl (C=O) groups is 1. The van der Waals surface area contributed by atoms with Gasteiger partial charge >= 0.3 is 0 Å². The van der Waals surface area contributed by atoms with Crippen molar-refractivity contribution in [2.24, 2.45) is 0 Å². The largest absolute Gasteiger partial charge is 0.395 e. The van der Waals surface area contributed by atoms with Crippen molar-refractivity contribution >= 4 is 11.7 Å². The fourth-order valence-corrected chi connectivity index (χ4v) is 2.44. The molecule has 7 nitrogen and oxygen atoms in total. The summed E-state index contributed by atoms with van der Waals surface area (Å²) in [6.07, 6.45) is 4.04. The van der Waals surface area contributed by atoms with Crippen LogP contribution in [-0.4, -0.2) is 76.7 Å². The first-order valence-electron chi connectivity index (χ1n) is 7.43. The predicted octanol–water partition coefficient (Wildman–Crippen LogP) is 0.0486. The maximum Gasteiger partial charge on any atom is 0.274 e. The lowest BCUT2D eigenvalue weighted by Gasteiger charge is -2.21. The van der Waals surface area contributed by atoms with E-state index in [0.717, 1.165) is 26.1 Å². The molecule has 0 saturated carbocycles. The number of anilines is 1. The van der Waals surface area contributed by atoms with Crippen molar-refractivity contribution in [3.8, 4) is 0 Å². The number of hydrogen-bond acceptors (Lipinski definition) is 6. The number of amides is 1. The number of carbonyl (C=O) groups excluding carboxylic acids is 1. The van der Waals surface area contributed by atoms with Gasteiger partial charge < -0.3 is 15.3 Å². The van der Waals surface area contributed by atoms with Crippen molar-refractivity contribution in [3.05, 3.63) is 18.1 Å². The van der Waals surface area contributed by atoms with E-state index in [9.17, 15) is 4.79 Å². The molecule has 1 aromatic heterocycles. The Balaban J connectivity index is 2.00. The van der Waals surface area contributed by atoms with Crippen molar-refractivity contribution in [1.29, 1.82) is 0 Å². The van der Waals surface area contributed by atoms with Gasteiger partial charge in [0.15, 0.2) is 0 Å². The molecule has 0 unspecified atom stereocenters. The lowest BCUT2D eigenvalue weighted by Crippen LogP contribution is -2.36. The quantitative estimate of drug-likeness (QED) is 0.798. The zero-order chi connectivity index (χ0) is 15.1. The molecule has 7 heteroatoms. The Morgan fingerprint density at radius 1 is 1.33 bits per heavy atom. The summed E-state index contributed by atoms with van der Waals surface area (Å²) in [4.78, 5) is 24.9. The minimum Gasteiger partial charge on any atom is -0.395 e. The number of nitrogens with zero attached hydrogens (tertiary/aromatic N) is 4. The second kappa shape index (κ2) is 7.90. The van der Waals surface area contributed by atoms with Crippen LogP contribution in [0.4, 0.5) is 5.82 Å². The Kier molecular flexibility index (Phi) is 5.89. The van der Waals surface area contributed by atoms with Crippen LogP contribution in [0.1, 0.15) is 23.8 Å². The molecule has 0 aliphatic carbocycles. The molecule has 1 aliphatic heterocycles. The maximum absolute atomic E-state index is 12.5. The predicted molar refractivity (Wildman–Crippen MR) is 80.2 cm³/mol. The van der Waals surface area contributed by atoms with E-state index in [1.54, 1.807) is 6.20 Å². The highest BCUT2D eigenvalue weighted by Gasteiger charge is 2.21. The van der Waals surface area contributed by atoms with E-state index in [2.05, 4.69) is 20.2 Å². The van der Waals surface area contributed by atoms with E-state index in [4.69, 9.17) is 5.11 Å². The van der Waals surface area contributed by atoms with Crippen LogP contribution in [0.2, 0.25) is 0 Å². The van der Waals surface area contributed by atoms with Crippen LogP contribution in [0.25, 0.3) is 0 Å². The summed E-state index contributed by atoms with van der Waals surface area (Å²) in [6.45, 7) is 6.61. The third-order valence-corrected chi connectivity index (χ3v) is 3.50. The summed E-state index contributed by atoms with van der Waals surface area (Å²) < 4.78 is 0. The highest BCUT2D eigenvalue weighted by Crippen LogP contribution is 2.09. The number of aliphatic hydroxyl groups excluding tert-OH is 1. The summed E-state index contributed by atoms with van der Waals surface area (Å²) in [5.41, 5.74) is 0.379. The molecular formula is C14H23N5O2. The lowest BCUT2D eigenvalue weighted by molar-refractivity contribution is 0.0754. The number of aliphatic hydroxyl groups is 1. The molecule has 1 amide bonds. The molecular weight excluding hydrogens is 270 g/mol. The van der Waals surface area contributed by atoms with Gasteiger partial charge in [-0.05, 0) is 19.9 Å². The zero-order valence-electron chi connectivity index (χ0n) is 12.5. The van der Waals surface area contributed by atoms with Crippen molar-refractivity contribution in [2.75, 3.05) is 51.2 Å². The first-order chi connectivity index (χ1) is 10.2. The van der Waals surface area contributed by atoms with Crippen molar-refractivity contribution in [1.82, 2.24) is 19.8 Å². The number of β-amino-alcohol motifs (C(OH)–C–C–N with tert-alkyl or cyclic N) is 1. The van der Waals surface area contributed by atoms with Crippen LogP contribution >= 0.6 is 0 Å². The standard InChI is InChI=1S/C14H23N5O2/c1-2-16-13-11-15-10-12(17-13)14(21)19-5-3-4-18(6-7-19)8-9-20/h10-11,20H,2-9H2,1H3,(H,16,17). The molecule has 1 aliphatic rings. The second-order valence-electron chi connectivity index (χ2n) is 5.03. The van der Waals surface area contributed by atoms with E-state index in [-0.39, 0.29) is 12.5 Å². The molecule has 0 bridgehead atoms. The van der Waals surface area contributed by atoms with Gasteiger partial charge in [0.2, 0.25) is 0 Å². The first kappa shape index (κ1) is 15.7. The number of nitrogens with one attached hydrogen (secondary N) is 1. The molecule has 0 aromatic carbocycles. The SMILES string of the molecule is CCNc1cncc(C(=O)N2CCCN(CCO)CC2)n1. The summed E-state index contributed by atoms with van der Waals surface area (Å²) in [5.74, 6) is 0.549. The van der Waals surface area contributed by atoms with E-state index in [0.29, 0.717) is 31.1 Å². The zero-order valence-corrected chi connectivity index (χ0v) is 12.5. The molecule has 2 rings (SSSR count). The topological polar surface area (TPSA) is 81.6 Å². The number of hydrogen-bond donors (Lipinski definition) is 2. The Morgan fingerprint density at radius 2 is 2.19 bits per heavy atom. The van der Waals surface area contributed by atoms with E-state index >= 15 is 0 Å². The van der Waals surface area contributed by atoms with Crippen LogP contribution < -0.4 is 5.32 Å². The van der Waals surface area contributed by atoms with Crippen LogP contribution in [-0.2, 0) is 0 Å². The van der Waals surface area contributed by atoms with E-state index in [1.165, 1.54) is 6.20 Å². The Labute approximate surface area is 125 Å². The van der Waals surface area contributed by atoms with Crippen molar-refractivity contribution < 1.29 is 9.90 Å². The Bertz CT molecular complexity index is 468. The van der Waals surface area contributed by atoms with Crippen LogP contribution in [0.3, 0.4) is 0 Å². The van der Waals surface area contributed by atoms with Gasteiger partial charge in [0.05, 0.1) is 19.0 Å². The molecule has 1 aromatic rings. The lowest BCUT2D eigenvalue weighted by atomic mass is 10.3. The molecule has 2 heterocycles. The Morgan fingerprint density at radius 3 is 2.95 bits per heavy atom. The monoisotopic (exact) mass is 293 g/mol. The highest BCUT2D eigenvalue weighted by molar-refractivity contribution is 5.92. The summed E-state index contributed by atoms with van der Waals surface area (Å²) in [7, 11) is 0. The molecule has 0 radical (unpaired) electrons. The fourth-order valence-electron chi connectivity index (χ4n) is 2.44. The fraction of sp³-hybridized carbons (Fsp3) is 0.643. The molecule has 21 heavy (non-hydrogen) atoms. The third kappa shape index (κ3) is 4.37. The second-order valence-corrected chi connectivity index (χ2v) is 5.03. The summed E-state index contributed by atoms with van der Waals surface area (Å²) in [6, 6.07) is 0. The van der Waals surface area contributed by atoms with Gasteiger partial charge in [-0.3, -0.25) is 14.7 Å². The van der Waals surface area contributed by atoms with Gasteiger partial charge in [-0.25, -0.2) is 4.98 Å². The van der Waals surface area contributed by atoms with Gasteiger partial charge in [0, 0.05) is 32.7 Å². The molecule has 1 fully saturated rings. The van der Waals surface area contributed by atoms with Gasteiger partial charge in [-0.1, -0.05) is 0 Å². The molecule has 0 atom stereocenters. The minimum atomic E-state index is -0.0758. The maximum atomic E-state index is 12.5. The van der Waals surface area contributed by atoms with Gasteiger partial charge in [-0.15, -0.1) is 0 Å². The van der Waals surface area contributed by atoms with Crippen LogP contribution in [0.5, 0.6) is 0 Å². The van der Waals surface area contributed by atoms with Gasteiger partial charge in [0.25, 0.3) is 5.91 Å².